The van der Waals surface area contributed by atoms with Crippen molar-refractivity contribution in [3.8, 4) is 22.6 Å². The lowest BCUT2D eigenvalue weighted by atomic mass is 9.97. The van der Waals surface area contributed by atoms with E-state index in [1.165, 1.54) is 16.7 Å². The van der Waals surface area contributed by atoms with Crippen molar-refractivity contribution >= 4 is 11.7 Å². The lowest BCUT2D eigenvalue weighted by Gasteiger charge is -2.29. The first-order valence-electron chi connectivity index (χ1n) is 11.4. The van der Waals surface area contributed by atoms with Crippen LogP contribution >= 0.6 is 0 Å². The fourth-order valence-corrected chi connectivity index (χ4v) is 4.11. The number of ether oxygens (including phenoxy) is 2. The molecule has 33 heavy (non-hydrogen) atoms. The van der Waals surface area contributed by atoms with Gasteiger partial charge in [0.15, 0.2) is 6.61 Å². The summed E-state index contributed by atoms with van der Waals surface area (Å²) < 4.78 is 11.2. The summed E-state index contributed by atoms with van der Waals surface area (Å²) in [5.41, 5.74) is 6.74. The third-order valence-electron chi connectivity index (χ3n) is 5.76. The van der Waals surface area contributed by atoms with Crippen LogP contribution in [0.4, 0.5) is 5.69 Å². The quantitative estimate of drug-likeness (QED) is 0.376. The standard InChI is InChI=1S/C28H33NO4/c1-5-6-16-29(18-22-12-14-25(20(2)17-22)33-19-27(30)31)28-21(3)24(13-15-26(28)32-4)23-10-8-7-9-11-23/h7-15,17H,5-6,16,18-19H2,1-4H3,(H,30,31). The van der Waals surface area contributed by atoms with Gasteiger partial charge >= 0.3 is 5.97 Å². The van der Waals surface area contributed by atoms with E-state index in [-0.39, 0.29) is 6.61 Å². The van der Waals surface area contributed by atoms with Crippen molar-refractivity contribution in [3.63, 3.8) is 0 Å². The minimum absolute atomic E-state index is 0.342. The zero-order valence-electron chi connectivity index (χ0n) is 19.9. The smallest absolute Gasteiger partial charge is 0.341 e. The minimum Gasteiger partial charge on any atom is -0.495 e. The normalized spacial score (nSPS) is 10.7. The van der Waals surface area contributed by atoms with Gasteiger partial charge in [-0.05, 0) is 60.2 Å². The van der Waals surface area contributed by atoms with Gasteiger partial charge in [-0.3, -0.25) is 0 Å². The van der Waals surface area contributed by atoms with Gasteiger partial charge in [-0.15, -0.1) is 0 Å². The highest BCUT2D eigenvalue weighted by molar-refractivity contribution is 5.78. The SMILES string of the molecule is CCCCN(Cc1ccc(OCC(=O)O)c(C)c1)c1c(OC)ccc(-c2ccccc2)c1C. The van der Waals surface area contributed by atoms with Crippen LogP contribution in [0.2, 0.25) is 0 Å². The number of unbranched alkanes of at least 4 members (excludes halogenated alkanes) is 1. The zero-order valence-corrected chi connectivity index (χ0v) is 19.9. The van der Waals surface area contributed by atoms with Gasteiger partial charge in [-0.25, -0.2) is 4.79 Å². The number of hydrogen-bond acceptors (Lipinski definition) is 4. The van der Waals surface area contributed by atoms with Crippen LogP contribution in [0.5, 0.6) is 11.5 Å². The van der Waals surface area contributed by atoms with Crippen LogP contribution in [0.1, 0.15) is 36.5 Å². The van der Waals surface area contributed by atoms with Crippen LogP contribution < -0.4 is 14.4 Å². The van der Waals surface area contributed by atoms with E-state index in [4.69, 9.17) is 14.6 Å². The van der Waals surface area contributed by atoms with Gasteiger partial charge in [0.1, 0.15) is 11.5 Å². The largest absolute Gasteiger partial charge is 0.495 e. The minimum atomic E-state index is -0.981. The molecule has 3 aromatic carbocycles. The molecule has 0 radical (unpaired) electrons. The maximum Gasteiger partial charge on any atom is 0.341 e. The number of methoxy groups -OCH3 is 1. The Labute approximate surface area is 196 Å². The summed E-state index contributed by atoms with van der Waals surface area (Å²) in [4.78, 5) is 13.2. The molecule has 0 aliphatic carbocycles. The number of nitrogens with zero attached hydrogens (tertiary/aromatic N) is 1. The molecular weight excluding hydrogens is 414 g/mol. The Hall–Kier alpha value is -3.47. The molecule has 174 valence electrons. The molecule has 3 rings (SSSR count). The molecular formula is C28H33NO4. The average Bonchev–Trinajstić information content (AvgIpc) is 2.81. The van der Waals surface area contributed by atoms with Crippen LogP contribution in [0.3, 0.4) is 0 Å². The van der Waals surface area contributed by atoms with Gasteiger partial charge in [0, 0.05) is 13.1 Å². The summed E-state index contributed by atoms with van der Waals surface area (Å²) in [6, 6.07) is 20.5. The van der Waals surface area contributed by atoms with Crippen molar-refractivity contribution < 1.29 is 19.4 Å². The molecule has 0 bridgehead atoms. The summed E-state index contributed by atoms with van der Waals surface area (Å²) >= 11 is 0. The molecule has 5 nitrogen and oxygen atoms in total. The molecule has 0 fully saturated rings. The number of carboxylic acid groups (broad SMARTS) is 1. The predicted molar refractivity (Wildman–Crippen MR) is 133 cm³/mol. The van der Waals surface area contributed by atoms with E-state index in [0.29, 0.717) is 5.75 Å². The topological polar surface area (TPSA) is 59.0 Å². The van der Waals surface area contributed by atoms with Crippen LogP contribution in [0.25, 0.3) is 11.1 Å². The number of rotatable bonds is 11. The van der Waals surface area contributed by atoms with Gasteiger partial charge < -0.3 is 19.5 Å². The van der Waals surface area contributed by atoms with E-state index >= 15 is 0 Å². The summed E-state index contributed by atoms with van der Waals surface area (Å²) in [5, 5.41) is 8.88. The molecule has 0 unspecified atom stereocenters. The van der Waals surface area contributed by atoms with E-state index in [9.17, 15) is 4.79 Å². The Morgan fingerprint density at radius 2 is 1.73 bits per heavy atom. The van der Waals surface area contributed by atoms with Gasteiger partial charge in [-0.1, -0.05) is 61.9 Å². The maximum atomic E-state index is 10.8. The Balaban J connectivity index is 1.97. The number of aliphatic carboxylic acids is 1. The predicted octanol–water partition coefficient (Wildman–Crippen LogP) is 6.25. The molecule has 1 N–H and O–H groups in total. The van der Waals surface area contributed by atoms with Gasteiger partial charge in [0.25, 0.3) is 0 Å². The second-order valence-electron chi connectivity index (χ2n) is 8.21. The summed E-state index contributed by atoms with van der Waals surface area (Å²) in [7, 11) is 1.72. The molecule has 0 heterocycles. The lowest BCUT2D eigenvalue weighted by Crippen LogP contribution is -2.25. The Kier molecular flexibility index (Phi) is 8.36. The highest BCUT2D eigenvalue weighted by atomic mass is 16.5. The van der Waals surface area contributed by atoms with Crippen molar-refractivity contribution in [2.45, 2.75) is 40.2 Å². The third kappa shape index (κ3) is 6.07. The number of benzene rings is 3. The molecule has 0 amide bonds. The molecule has 0 spiro atoms. The van der Waals surface area contributed by atoms with Crippen LogP contribution in [-0.2, 0) is 11.3 Å². The molecule has 0 saturated heterocycles. The number of carbonyl (C=O) groups is 1. The molecule has 0 aliphatic rings. The van der Waals surface area contributed by atoms with Crippen LogP contribution in [0, 0.1) is 13.8 Å². The first-order chi connectivity index (χ1) is 15.9. The number of anilines is 1. The van der Waals surface area contributed by atoms with Crippen LogP contribution in [0.15, 0.2) is 60.7 Å². The van der Waals surface area contributed by atoms with E-state index in [1.54, 1.807) is 7.11 Å². The molecule has 0 atom stereocenters. The molecule has 0 aromatic heterocycles. The molecule has 0 saturated carbocycles. The van der Waals surface area contributed by atoms with Crippen molar-refractivity contribution in [1.82, 2.24) is 0 Å². The maximum absolute atomic E-state index is 10.8. The van der Waals surface area contributed by atoms with Crippen molar-refractivity contribution in [2.75, 3.05) is 25.2 Å². The van der Waals surface area contributed by atoms with Crippen molar-refractivity contribution in [1.29, 1.82) is 0 Å². The highest BCUT2D eigenvalue weighted by Gasteiger charge is 2.19. The summed E-state index contributed by atoms with van der Waals surface area (Å²) in [6.45, 7) is 7.58. The second-order valence-corrected chi connectivity index (χ2v) is 8.21. The van der Waals surface area contributed by atoms with Crippen molar-refractivity contribution in [3.05, 3.63) is 77.4 Å². The number of hydrogen-bond donors (Lipinski definition) is 1. The first kappa shape index (κ1) is 24.2. The van der Waals surface area contributed by atoms with Gasteiger partial charge in [0.05, 0.1) is 12.8 Å². The van der Waals surface area contributed by atoms with E-state index in [2.05, 4.69) is 61.2 Å². The highest BCUT2D eigenvalue weighted by Crippen LogP contribution is 2.39. The zero-order chi connectivity index (χ0) is 23.8. The first-order valence-corrected chi connectivity index (χ1v) is 11.4. The molecule has 5 heteroatoms. The Morgan fingerprint density at radius 3 is 2.36 bits per heavy atom. The van der Waals surface area contributed by atoms with Gasteiger partial charge in [0.2, 0.25) is 0 Å². The van der Waals surface area contributed by atoms with E-state index in [0.717, 1.165) is 48.5 Å². The average molecular weight is 448 g/mol. The van der Waals surface area contributed by atoms with Gasteiger partial charge in [-0.2, -0.15) is 0 Å². The fourth-order valence-electron chi connectivity index (χ4n) is 4.11. The third-order valence-corrected chi connectivity index (χ3v) is 5.76. The molecule has 0 aliphatic heterocycles. The van der Waals surface area contributed by atoms with E-state index < -0.39 is 5.97 Å². The number of carboxylic acids is 1. The second kappa shape index (κ2) is 11.4. The van der Waals surface area contributed by atoms with E-state index in [1.807, 2.05) is 25.1 Å². The monoisotopic (exact) mass is 447 g/mol. The van der Waals surface area contributed by atoms with Crippen LogP contribution in [-0.4, -0.2) is 31.3 Å². The molecule has 3 aromatic rings. The van der Waals surface area contributed by atoms with Crippen molar-refractivity contribution in [2.24, 2.45) is 0 Å². The fraction of sp³-hybridized carbons (Fsp3) is 0.321. The Morgan fingerprint density at radius 1 is 1.00 bits per heavy atom. The lowest BCUT2D eigenvalue weighted by molar-refractivity contribution is -0.139. The Bertz CT molecular complexity index is 1080. The summed E-state index contributed by atoms with van der Waals surface area (Å²) in [6.07, 6.45) is 2.16. The summed E-state index contributed by atoms with van der Waals surface area (Å²) in [5.74, 6) is 0.479. The number of aryl methyl sites for hydroxylation is 1.